The molecular formula is C15H22OS. The summed E-state index contributed by atoms with van der Waals surface area (Å²) in [4.78, 5) is 0. The van der Waals surface area contributed by atoms with Gasteiger partial charge in [0.1, 0.15) is 0 Å². The molecule has 3 rings (SSSR count). The predicted octanol–water partition coefficient (Wildman–Crippen LogP) is 3.07. The normalized spacial score (nSPS) is 50.1. The van der Waals surface area contributed by atoms with Gasteiger partial charge >= 0.3 is 0 Å². The number of thiol groups is 1. The lowest BCUT2D eigenvalue weighted by Gasteiger charge is -2.27. The monoisotopic (exact) mass is 250 g/mol. The van der Waals surface area contributed by atoms with E-state index in [1.165, 1.54) is 11.1 Å². The lowest BCUT2D eigenvalue weighted by molar-refractivity contribution is 0.0820. The van der Waals surface area contributed by atoms with E-state index in [0.29, 0.717) is 34.8 Å². The number of aliphatic hydroxyl groups is 1. The summed E-state index contributed by atoms with van der Waals surface area (Å²) < 4.78 is 0. The van der Waals surface area contributed by atoms with Gasteiger partial charge in [0.05, 0.1) is 6.10 Å². The second-order valence-corrected chi connectivity index (χ2v) is 7.05. The van der Waals surface area contributed by atoms with Crippen molar-refractivity contribution in [3.63, 3.8) is 0 Å². The number of aliphatic hydroxyl groups excluding tert-OH is 1. The Labute approximate surface area is 109 Å². The molecule has 0 bridgehead atoms. The number of hydrogen-bond acceptors (Lipinski definition) is 2. The van der Waals surface area contributed by atoms with E-state index < -0.39 is 0 Å². The van der Waals surface area contributed by atoms with Crippen LogP contribution in [0.3, 0.4) is 0 Å². The summed E-state index contributed by atoms with van der Waals surface area (Å²) in [6.07, 6.45) is 4.59. The molecule has 0 aromatic heterocycles. The van der Waals surface area contributed by atoms with Crippen LogP contribution in [-0.4, -0.2) is 16.5 Å². The van der Waals surface area contributed by atoms with Crippen molar-refractivity contribution in [3.8, 4) is 0 Å². The Balaban J connectivity index is 1.75. The van der Waals surface area contributed by atoms with Crippen molar-refractivity contribution in [2.75, 3.05) is 0 Å². The first-order valence-corrected chi connectivity index (χ1v) is 7.27. The quantitative estimate of drug-likeness (QED) is 0.570. The standard InChI is InChI=1S/C15H22OS/c1-7-4-10(9(3)17)5-11(7)13-6-12-8(2)14(12)15(13)16/h5,7,9,11-17H,2,4,6H2,1,3H3/t7?,9-,11-,12?,13?,14?,15?/m1/s1. The molecule has 5 unspecified atom stereocenters. The first-order chi connectivity index (χ1) is 8.00. The maximum atomic E-state index is 10.4. The highest BCUT2D eigenvalue weighted by molar-refractivity contribution is 7.81. The summed E-state index contributed by atoms with van der Waals surface area (Å²) >= 11 is 4.54. The van der Waals surface area contributed by atoms with Gasteiger partial charge in [-0.1, -0.05) is 30.7 Å². The van der Waals surface area contributed by atoms with Crippen molar-refractivity contribution in [1.29, 1.82) is 0 Å². The molecule has 0 aromatic carbocycles. The van der Waals surface area contributed by atoms with E-state index in [-0.39, 0.29) is 6.10 Å². The van der Waals surface area contributed by atoms with Crippen molar-refractivity contribution in [2.45, 2.75) is 38.0 Å². The molecule has 0 radical (unpaired) electrons. The maximum Gasteiger partial charge on any atom is 0.0645 e. The summed E-state index contributed by atoms with van der Waals surface area (Å²) in [7, 11) is 0. The molecule has 0 aromatic rings. The Morgan fingerprint density at radius 2 is 2.24 bits per heavy atom. The van der Waals surface area contributed by atoms with Gasteiger partial charge in [-0.3, -0.25) is 0 Å². The molecule has 2 saturated carbocycles. The van der Waals surface area contributed by atoms with Gasteiger partial charge in [0, 0.05) is 11.2 Å². The van der Waals surface area contributed by atoms with Gasteiger partial charge < -0.3 is 5.11 Å². The zero-order valence-electron chi connectivity index (χ0n) is 10.6. The third kappa shape index (κ3) is 1.72. The molecule has 1 nitrogen and oxygen atoms in total. The molecule has 0 spiro atoms. The Morgan fingerprint density at radius 1 is 1.53 bits per heavy atom. The SMILES string of the molecule is C=C1C2CC([C@@H]3C=C([C@@H](C)S)CC3C)C(O)C12. The third-order valence-electron chi connectivity index (χ3n) is 5.21. The Hall–Kier alpha value is -0.210. The van der Waals surface area contributed by atoms with E-state index in [2.05, 4.69) is 39.1 Å². The second kappa shape index (κ2) is 3.89. The number of allylic oxidation sites excluding steroid dienone is 1. The summed E-state index contributed by atoms with van der Waals surface area (Å²) in [6.45, 7) is 8.50. The highest BCUT2D eigenvalue weighted by Gasteiger charge is 2.58. The average Bonchev–Trinajstić information content (AvgIpc) is 2.59. The molecular weight excluding hydrogens is 228 g/mol. The van der Waals surface area contributed by atoms with E-state index in [1.807, 2.05) is 0 Å². The highest BCUT2D eigenvalue weighted by atomic mass is 32.1. The molecule has 0 aliphatic heterocycles. The largest absolute Gasteiger partial charge is 0.392 e. The van der Waals surface area contributed by atoms with Crippen molar-refractivity contribution in [2.24, 2.45) is 29.6 Å². The van der Waals surface area contributed by atoms with Crippen LogP contribution >= 0.6 is 12.6 Å². The van der Waals surface area contributed by atoms with Gasteiger partial charge in [-0.05, 0) is 43.4 Å². The van der Waals surface area contributed by atoms with Crippen LogP contribution in [0, 0.1) is 29.6 Å². The van der Waals surface area contributed by atoms with Gasteiger partial charge in [0.2, 0.25) is 0 Å². The number of rotatable bonds is 2. The summed E-state index contributed by atoms with van der Waals surface area (Å²) in [6, 6.07) is 0. The smallest absolute Gasteiger partial charge is 0.0645 e. The minimum Gasteiger partial charge on any atom is -0.392 e. The van der Waals surface area contributed by atoms with Crippen LogP contribution in [0.2, 0.25) is 0 Å². The van der Waals surface area contributed by atoms with Crippen molar-refractivity contribution < 1.29 is 5.11 Å². The summed E-state index contributed by atoms with van der Waals surface area (Å²) in [5.74, 6) is 2.77. The molecule has 0 saturated heterocycles. The fourth-order valence-corrected chi connectivity index (χ4v) is 4.28. The zero-order chi connectivity index (χ0) is 12.3. The third-order valence-corrected chi connectivity index (χ3v) is 5.55. The minimum absolute atomic E-state index is 0.134. The predicted molar refractivity (Wildman–Crippen MR) is 74.0 cm³/mol. The molecule has 2 heteroatoms. The van der Waals surface area contributed by atoms with E-state index in [9.17, 15) is 5.11 Å². The maximum absolute atomic E-state index is 10.4. The van der Waals surface area contributed by atoms with Gasteiger partial charge in [0.15, 0.2) is 0 Å². The molecule has 0 amide bonds. The van der Waals surface area contributed by atoms with Crippen LogP contribution in [0.1, 0.15) is 26.7 Å². The lowest BCUT2D eigenvalue weighted by atomic mass is 9.80. The van der Waals surface area contributed by atoms with Gasteiger partial charge in [0.25, 0.3) is 0 Å². The second-order valence-electron chi connectivity index (χ2n) is 6.27. The van der Waals surface area contributed by atoms with Crippen LogP contribution in [0.5, 0.6) is 0 Å². The van der Waals surface area contributed by atoms with Crippen LogP contribution in [0.25, 0.3) is 0 Å². The van der Waals surface area contributed by atoms with Crippen molar-refractivity contribution in [1.82, 2.24) is 0 Å². The molecule has 3 aliphatic rings. The van der Waals surface area contributed by atoms with Gasteiger partial charge in [-0.2, -0.15) is 12.6 Å². The first kappa shape index (κ1) is 11.9. The van der Waals surface area contributed by atoms with E-state index in [0.717, 1.165) is 12.8 Å². The Morgan fingerprint density at radius 3 is 2.71 bits per heavy atom. The fraction of sp³-hybridized carbons (Fsp3) is 0.733. The fourth-order valence-electron chi connectivity index (χ4n) is 4.08. The molecule has 1 N–H and O–H groups in total. The van der Waals surface area contributed by atoms with E-state index >= 15 is 0 Å². The number of fused-ring (bicyclic) bond motifs is 1. The molecule has 94 valence electrons. The molecule has 17 heavy (non-hydrogen) atoms. The number of hydrogen-bond donors (Lipinski definition) is 2. The Kier molecular flexibility index (Phi) is 2.71. The van der Waals surface area contributed by atoms with E-state index in [1.54, 1.807) is 0 Å². The molecule has 2 fully saturated rings. The van der Waals surface area contributed by atoms with Gasteiger partial charge in [-0.15, -0.1) is 0 Å². The topological polar surface area (TPSA) is 20.2 Å². The lowest BCUT2D eigenvalue weighted by Crippen LogP contribution is -2.27. The first-order valence-electron chi connectivity index (χ1n) is 6.76. The molecule has 7 atom stereocenters. The van der Waals surface area contributed by atoms with Crippen LogP contribution in [0.15, 0.2) is 23.8 Å². The van der Waals surface area contributed by atoms with Crippen molar-refractivity contribution >= 4 is 12.6 Å². The van der Waals surface area contributed by atoms with Crippen LogP contribution in [0.4, 0.5) is 0 Å². The van der Waals surface area contributed by atoms with Crippen LogP contribution < -0.4 is 0 Å². The summed E-state index contributed by atoms with van der Waals surface area (Å²) in [5.41, 5.74) is 2.77. The average molecular weight is 250 g/mol. The van der Waals surface area contributed by atoms with Crippen LogP contribution in [-0.2, 0) is 0 Å². The highest BCUT2D eigenvalue weighted by Crippen LogP contribution is 2.61. The zero-order valence-corrected chi connectivity index (χ0v) is 11.5. The molecule has 0 heterocycles. The summed E-state index contributed by atoms with van der Waals surface area (Å²) in [5, 5.41) is 10.7. The van der Waals surface area contributed by atoms with Gasteiger partial charge in [-0.25, -0.2) is 0 Å². The molecule has 3 aliphatic carbocycles. The van der Waals surface area contributed by atoms with Crippen molar-refractivity contribution in [3.05, 3.63) is 23.8 Å². The Bertz CT molecular complexity index is 384. The minimum atomic E-state index is -0.134. The van der Waals surface area contributed by atoms with E-state index in [4.69, 9.17) is 0 Å².